The maximum Gasteiger partial charge on any atom is 0.254 e. The SMILES string of the molecule is Cc1ccccc1C(=O)N(Cc1ccc(C(C)(C)C)cc1)C1CCS(=O)(=O)C1. The van der Waals surface area contributed by atoms with E-state index >= 15 is 0 Å². The fraction of sp³-hybridized carbons (Fsp3) is 0.435. The second-order valence-corrected chi connectivity index (χ2v) is 11.0. The third-order valence-electron chi connectivity index (χ3n) is 5.46. The van der Waals surface area contributed by atoms with E-state index in [0.29, 0.717) is 18.5 Å². The van der Waals surface area contributed by atoms with Crippen molar-refractivity contribution in [2.45, 2.75) is 52.1 Å². The van der Waals surface area contributed by atoms with Crippen LogP contribution in [0.25, 0.3) is 0 Å². The molecule has 0 bridgehead atoms. The van der Waals surface area contributed by atoms with E-state index < -0.39 is 9.84 Å². The molecule has 0 radical (unpaired) electrons. The van der Waals surface area contributed by atoms with Gasteiger partial charge in [0.15, 0.2) is 9.84 Å². The highest BCUT2D eigenvalue weighted by Gasteiger charge is 2.35. The number of hydrogen-bond acceptors (Lipinski definition) is 3. The molecule has 1 saturated heterocycles. The van der Waals surface area contributed by atoms with Crippen molar-refractivity contribution in [1.82, 2.24) is 4.90 Å². The van der Waals surface area contributed by atoms with E-state index in [1.54, 1.807) is 4.90 Å². The van der Waals surface area contributed by atoms with E-state index in [9.17, 15) is 13.2 Å². The lowest BCUT2D eigenvalue weighted by molar-refractivity contribution is 0.0680. The topological polar surface area (TPSA) is 54.5 Å². The maximum atomic E-state index is 13.3. The lowest BCUT2D eigenvalue weighted by Crippen LogP contribution is -2.41. The highest BCUT2D eigenvalue weighted by molar-refractivity contribution is 7.91. The van der Waals surface area contributed by atoms with Crippen LogP contribution in [-0.4, -0.2) is 36.8 Å². The predicted molar refractivity (Wildman–Crippen MR) is 113 cm³/mol. The second-order valence-electron chi connectivity index (χ2n) is 8.75. The first-order valence-corrected chi connectivity index (χ1v) is 11.6. The van der Waals surface area contributed by atoms with Crippen LogP contribution >= 0.6 is 0 Å². The van der Waals surface area contributed by atoms with Crippen LogP contribution in [0, 0.1) is 6.92 Å². The lowest BCUT2D eigenvalue weighted by Gasteiger charge is -2.29. The summed E-state index contributed by atoms with van der Waals surface area (Å²) in [6.07, 6.45) is 0.500. The summed E-state index contributed by atoms with van der Waals surface area (Å²) >= 11 is 0. The average Bonchev–Trinajstić information content (AvgIpc) is 2.99. The van der Waals surface area contributed by atoms with E-state index in [0.717, 1.165) is 11.1 Å². The monoisotopic (exact) mass is 399 g/mol. The number of hydrogen-bond donors (Lipinski definition) is 0. The molecule has 1 amide bonds. The first kappa shape index (κ1) is 20.6. The Labute approximate surface area is 168 Å². The number of carbonyl (C=O) groups excluding carboxylic acids is 1. The minimum atomic E-state index is -3.08. The van der Waals surface area contributed by atoms with Crippen molar-refractivity contribution in [2.75, 3.05) is 11.5 Å². The Morgan fingerprint density at radius 3 is 2.25 bits per heavy atom. The summed E-state index contributed by atoms with van der Waals surface area (Å²) in [5.41, 5.74) is 3.85. The summed E-state index contributed by atoms with van der Waals surface area (Å²) in [4.78, 5) is 15.1. The quantitative estimate of drug-likeness (QED) is 0.777. The van der Waals surface area contributed by atoms with Crippen molar-refractivity contribution in [2.24, 2.45) is 0 Å². The highest BCUT2D eigenvalue weighted by atomic mass is 32.2. The molecule has 1 aliphatic heterocycles. The highest BCUT2D eigenvalue weighted by Crippen LogP contribution is 2.26. The zero-order valence-corrected chi connectivity index (χ0v) is 17.9. The van der Waals surface area contributed by atoms with Crippen LogP contribution in [0.2, 0.25) is 0 Å². The van der Waals surface area contributed by atoms with Crippen molar-refractivity contribution >= 4 is 15.7 Å². The Hall–Kier alpha value is -2.14. The number of carbonyl (C=O) groups is 1. The molecule has 1 aliphatic rings. The Morgan fingerprint density at radius 1 is 1.07 bits per heavy atom. The lowest BCUT2D eigenvalue weighted by atomic mass is 9.86. The summed E-state index contributed by atoms with van der Waals surface area (Å²) in [5.74, 6) is 0.100. The van der Waals surface area contributed by atoms with Crippen molar-refractivity contribution in [3.05, 3.63) is 70.8 Å². The normalized spacial score (nSPS) is 18.8. The Kier molecular flexibility index (Phi) is 5.67. The Morgan fingerprint density at radius 2 is 1.71 bits per heavy atom. The van der Waals surface area contributed by atoms with E-state index in [4.69, 9.17) is 0 Å². The molecule has 1 heterocycles. The van der Waals surface area contributed by atoms with Gasteiger partial charge in [0, 0.05) is 18.2 Å². The minimum Gasteiger partial charge on any atom is -0.330 e. The fourth-order valence-corrected chi connectivity index (χ4v) is 5.39. The molecule has 0 aromatic heterocycles. The zero-order valence-electron chi connectivity index (χ0n) is 17.1. The van der Waals surface area contributed by atoms with Crippen LogP contribution in [0.4, 0.5) is 0 Å². The van der Waals surface area contributed by atoms with Crippen LogP contribution in [-0.2, 0) is 21.8 Å². The second kappa shape index (κ2) is 7.70. The van der Waals surface area contributed by atoms with Gasteiger partial charge in [0.1, 0.15) is 0 Å². The third kappa shape index (κ3) is 4.64. The summed E-state index contributed by atoms with van der Waals surface area (Å²) in [7, 11) is -3.08. The first-order chi connectivity index (χ1) is 13.1. The van der Waals surface area contributed by atoms with Crippen molar-refractivity contribution in [3.63, 3.8) is 0 Å². The van der Waals surface area contributed by atoms with Crippen LogP contribution in [0.5, 0.6) is 0 Å². The summed E-state index contributed by atoms with van der Waals surface area (Å²) in [5, 5.41) is 0. The summed E-state index contributed by atoms with van der Waals surface area (Å²) in [6.45, 7) is 8.82. The van der Waals surface area contributed by atoms with Gasteiger partial charge in [0.2, 0.25) is 0 Å². The van der Waals surface area contributed by atoms with Crippen LogP contribution < -0.4 is 0 Å². The van der Waals surface area contributed by atoms with Crippen LogP contribution in [0.3, 0.4) is 0 Å². The van der Waals surface area contributed by atoms with Gasteiger partial charge in [-0.1, -0.05) is 63.2 Å². The number of nitrogens with zero attached hydrogens (tertiary/aromatic N) is 1. The summed E-state index contributed by atoms with van der Waals surface area (Å²) < 4.78 is 24.1. The molecule has 2 aromatic rings. The largest absolute Gasteiger partial charge is 0.330 e. The minimum absolute atomic E-state index is 0.0463. The van der Waals surface area contributed by atoms with Gasteiger partial charge in [0.25, 0.3) is 5.91 Å². The Balaban J connectivity index is 1.91. The molecule has 1 fully saturated rings. The fourth-order valence-electron chi connectivity index (χ4n) is 3.66. The molecule has 0 saturated carbocycles. The van der Waals surface area contributed by atoms with E-state index in [1.165, 1.54) is 5.56 Å². The van der Waals surface area contributed by atoms with Crippen LogP contribution in [0.15, 0.2) is 48.5 Å². The number of amides is 1. The molecular weight excluding hydrogens is 370 g/mol. The molecule has 0 aliphatic carbocycles. The molecule has 5 heteroatoms. The van der Waals surface area contributed by atoms with Gasteiger partial charge < -0.3 is 4.90 Å². The van der Waals surface area contributed by atoms with Gasteiger partial charge >= 0.3 is 0 Å². The van der Waals surface area contributed by atoms with Gasteiger partial charge in [-0.05, 0) is 41.5 Å². The molecule has 1 atom stereocenters. The number of benzene rings is 2. The van der Waals surface area contributed by atoms with Crippen molar-refractivity contribution < 1.29 is 13.2 Å². The molecule has 4 nitrogen and oxygen atoms in total. The first-order valence-electron chi connectivity index (χ1n) is 9.73. The van der Waals surface area contributed by atoms with E-state index in [-0.39, 0.29) is 28.9 Å². The van der Waals surface area contributed by atoms with Gasteiger partial charge in [-0.3, -0.25) is 4.79 Å². The molecule has 1 unspecified atom stereocenters. The standard InChI is InChI=1S/C23H29NO3S/c1-17-7-5-6-8-21(17)22(25)24(20-13-14-28(26,27)16-20)15-18-9-11-19(12-10-18)23(2,3)4/h5-12,20H,13-16H2,1-4H3. The predicted octanol–water partition coefficient (Wildman–Crippen LogP) is 4.12. The van der Waals surface area contributed by atoms with Gasteiger partial charge in [-0.15, -0.1) is 0 Å². The van der Waals surface area contributed by atoms with Crippen LogP contribution in [0.1, 0.15) is 54.2 Å². The molecule has 3 rings (SSSR count). The molecule has 0 spiro atoms. The molecule has 150 valence electrons. The van der Waals surface area contributed by atoms with Gasteiger partial charge in [-0.25, -0.2) is 8.42 Å². The number of rotatable bonds is 4. The van der Waals surface area contributed by atoms with Crippen molar-refractivity contribution in [3.8, 4) is 0 Å². The van der Waals surface area contributed by atoms with Crippen molar-refractivity contribution in [1.29, 1.82) is 0 Å². The molecule has 0 N–H and O–H groups in total. The summed E-state index contributed by atoms with van der Waals surface area (Å²) in [6, 6.07) is 15.5. The van der Waals surface area contributed by atoms with E-state index in [1.807, 2.05) is 43.3 Å². The Bertz CT molecular complexity index is 956. The molecular formula is C23H29NO3S. The van der Waals surface area contributed by atoms with Gasteiger partial charge in [-0.2, -0.15) is 0 Å². The number of sulfone groups is 1. The molecule has 2 aromatic carbocycles. The number of aryl methyl sites for hydroxylation is 1. The smallest absolute Gasteiger partial charge is 0.254 e. The van der Waals surface area contributed by atoms with Gasteiger partial charge in [0.05, 0.1) is 11.5 Å². The average molecular weight is 400 g/mol. The maximum absolute atomic E-state index is 13.3. The van der Waals surface area contributed by atoms with E-state index in [2.05, 4.69) is 32.9 Å². The molecule has 28 heavy (non-hydrogen) atoms. The zero-order chi connectivity index (χ0) is 20.5. The third-order valence-corrected chi connectivity index (χ3v) is 7.21.